The van der Waals surface area contributed by atoms with Crippen molar-refractivity contribution in [1.29, 1.82) is 0 Å². The van der Waals surface area contributed by atoms with Gasteiger partial charge < -0.3 is 9.84 Å². The van der Waals surface area contributed by atoms with E-state index in [0.29, 0.717) is 12.2 Å². The average molecular weight is 457 g/mol. The number of hydrogen-bond donors (Lipinski definition) is 1. The third-order valence-corrected chi connectivity index (χ3v) is 6.06. The second kappa shape index (κ2) is 14.9. The Balaban J connectivity index is 0.00000480. The predicted molar refractivity (Wildman–Crippen MR) is 118 cm³/mol. The zero-order valence-corrected chi connectivity index (χ0v) is 21.6. The van der Waals surface area contributed by atoms with Crippen LogP contribution in [0.25, 0.3) is 0 Å². The summed E-state index contributed by atoms with van der Waals surface area (Å²) in [6, 6.07) is 10.5. The van der Waals surface area contributed by atoms with Crippen molar-refractivity contribution in [2.45, 2.75) is 82.4 Å². The summed E-state index contributed by atoms with van der Waals surface area (Å²) < 4.78 is 39.0. The monoisotopic (exact) mass is 456 g/mol. The van der Waals surface area contributed by atoms with Crippen LogP contribution in [0.4, 0.5) is 0 Å². The molecule has 5 nitrogen and oxygen atoms in total. The fourth-order valence-corrected chi connectivity index (χ4v) is 4.16. The van der Waals surface area contributed by atoms with Crippen molar-refractivity contribution < 1.29 is 52.4 Å². The summed E-state index contributed by atoms with van der Waals surface area (Å²) in [6.07, 6.45) is 12.9. The fraction of sp³-hybridized carbons (Fsp3) is 0.500. The molecule has 2 aromatic carbocycles. The number of rotatable bonds is 14. The van der Waals surface area contributed by atoms with Crippen molar-refractivity contribution >= 4 is 10.1 Å². The third-order valence-electron chi connectivity index (χ3n) is 5.18. The minimum absolute atomic E-state index is 0. The Morgan fingerprint density at radius 3 is 1.94 bits per heavy atom. The van der Waals surface area contributed by atoms with E-state index in [-0.39, 0.29) is 46.0 Å². The molecule has 0 fully saturated rings. The van der Waals surface area contributed by atoms with E-state index in [1.54, 1.807) is 6.07 Å². The molecule has 0 bridgehead atoms. The van der Waals surface area contributed by atoms with Gasteiger partial charge in [0.05, 0.1) is 0 Å². The Hall–Kier alpha value is -1.05. The maximum absolute atomic E-state index is 11.8. The van der Waals surface area contributed by atoms with Gasteiger partial charge in [-0.15, -0.1) is 5.75 Å². The fourth-order valence-electron chi connectivity index (χ4n) is 3.51. The molecular weight excluding hydrogens is 423 g/mol. The van der Waals surface area contributed by atoms with Crippen LogP contribution in [0.3, 0.4) is 0 Å². The van der Waals surface area contributed by atoms with Gasteiger partial charge in [0.2, 0.25) is 0 Å². The molecule has 31 heavy (non-hydrogen) atoms. The van der Waals surface area contributed by atoms with Gasteiger partial charge in [0.15, 0.2) is 5.75 Å². The molecule has 0 saturated heterocycles. The van der Waals surface area contributed by atoms with E-state index in [4.69, 9.17) is 4.74 Å². The number of aryl methyl sites for hydroxylation is 1. The van der Waals surface area contributed by atoms with Crippen molar-refractivity contribution in [3.8, 4) is 17.2 Å². The van der Waals surface area contributed by atoms with E-state index >= 15 is 0 Å². The second-order valence-electron chi connectivity index (χ2n) is 7.72. The number of unbranched alkanes of at least 4 members (excludes halogenated alkanes) is 9. The normalized spacial score (nSPS) is 11.2. The molecule has 1 N–H and O–H groups in total. The van der Waals surface area contributed by atoms with Crippen molar-refractivity contribution in [3.63, 3.8) is 0 Å². The second-order valence-corrected chi connectivity index (χ2v) is 9.11. The van der Waals surface area contributed by atoms with Gasteiger partial charge in [-0.2, -0.15) is 8.42 Å². The van der Waals surface area contributed by atoms with Crippen LogP contribution in [-0.2, 0) is 16.5 Å². The van der Waals surface area contributed by atoms with Crippen LogP contribution in [0.1, 0.15) is 76.7 Å². The molecule has 2 aromatic rings. The first-order chi connectivity index (χ1) is 14.4. The van der Waals surface area contributed by atoms with Gasteiger partial charge in [0.25, 0.3) is 10.1 Å². The zero-order chi connectivity index (χ0) is 21.8. The first kappa shape index (κ1) is 28.0. The summed E-state index contributed by atoms with van der Waals surface area (Å²) in [5, 5.41) is 11.3. The molecule has 7 heteroatoms. The van der Waals surface area contributed by atoms with Crippen molar-refractivity contribution in [2.24, 2.45) is 0 Å². The number of benzene rings is 2. The van der Waals surface area contributed by atoms with Crippen LogP contribution < -0.4 is 39.4 Å². The Morgan fingerprint density at radius 1 is 0.839 bits per heavy atom. The van der Waals surface area contributed by atoms with E-state index in [9.17, 15) is 18.1 Å². The van der Waals surface area contributed by atoms with Crippen molar-refractivity contribution in [3.05, 3.63) is 48.0 Å². The van der Waals surface area contributed by atoms with Crippen molar-refractivity contribution in [2.75, 3.05) is 0 Å². The quantitative estimate of drug-likeness (QED) is 0.268. The third kappa shape index (κ3) is 10.4. The van der Waals surface area contributed by atoms with E-state index in [1.165, 1.54) is 75.3 Å². The Morgan fingerprint density at radius 2 is 1.39 bits per heavy atom. The number of ether oxygens (including phenoxy) is 1. The number of hydrogen-bond acceptors (Lipinski definition) is 4. The summed E-state index contributed by atoms with van der Waals surface area (Å²) >= 11 is 0. The van der Waals surface area contributed by atoms with Gasteiger partial charge in [0, 0.05) is 0 Å². The largest absolute Gasteiger partial charge is 1.00 e. The Kier molecular flexibility index (Phi) is 13.5. The van der Waals surface area contributed by atoms with E-state index < -0.39 is 10.1 Å². The van der Waals surface area contributed by atoms with E-state index in [0.717, 1.165) is 24.8 Å². The van der Waals surface area contributed by atoms with Gasteiger partial charge in [0.1, 0.15) is 10.6 Å². The molecule has 0 radical (unpaired) electrons. The smallest absolute Gasteiger partial charge is 0.872 e. The summed E-state index contributed by atoms with van der Waals surface area (Å²) in [5.41, 5.74) is 0.732. The van der Waals surface area contributed by atoms with Crippen LogP contribution in [-0.4, -0.2) is 13.0 Å². The van der Waals surface area contributed by atoms with Crippen molar-refractivity contribution in [1.82, 2.24) is 0 Å². The molecule has 0 saturated carbocycles. The maximum atomic E-state index is 11.8. The molecule has 166 valence electrons. The zero-order valence-electron chi connectivity index (χ0n) is 18.8. The molecule has 0 aromatic heterocycles. The molecule has 0 unspecified atom stereocenters. The molecular formula is C24H33NaO5S. The van der Waals surface area contributed by atoms with E-state index in [2.05, 4.69) is 6.92 Å². The van der Waals surface area contributed by atoms with Gasteiger partial charge >= 0.3 is 29.6 Å². The van der Waals surface area contributed by atoms with Crippen LogP contribution >= 0.6 is 0 Å². The first-order valence-corrected chi connectivity index (χ1v) is 12.4. The molecule has 0 aliphatic carbocycles. The van der Waals surface area contributed by atoms with Gasteiger partial charge in [-0.3, -0.25) is 4.55 Å². The number of para-hydroxylation sites is 1. The molecule has 0 amide bonds. The molecule has 0 aliphatic heterocycles. The van der Waals surface area contributed by atoms with Gasteiger partial charge in [-0.1, -0.05) is 89.0 Å². The molecule has 0 spiro atoms. The topological polar surface area (TPSA) is 86.7 Å². The minimum Gasteiger partial charge on any atom is -0.872 e. The molecule has 2 rings (SSSR count). The Labute approximate surface area is 209 Å². The van der Waals surface area contributed by atoms with Gasteiger partial charge in [-0.05, 0) is 36.6 Å². The van der Waals surface area contributed by atoms with E-state index in [1.807, 2.05) is 6.07 Å². The average Bonchev–Trinajstić information content (AvgIpc) is 2.71. The first-order valence-electron chi connectivity index (χ1n) is 11.0. The standard InChI is InChI=1S/C24H34O5S.Na/c1-2-3-4-5-6-7-8-9-10-11-13-20-14-12-15-23(30(26,27)28)24(20)29-22-18-16-21(25)17-19-22;/h12,14-19,25H,2-11,13H2,1H3,(H,26,27,28);/q;+1/p-1. The Bertz CT molecular complexity index is 866. The van der Waals surface area contributed by atoms with Crippen LogP contribution in [0.15, 0.2) is 47.4 Å². The summed E-state index contributed by atoms with van der Waals surface area (Å²) in [7, 11) is -4.42. The summed E-state index contributed by atoms with van der Waals surface area (Å²) in [5.74, 6) is 0.334. The SMILES string of the molecule is CCCCCCCCCCCCc1cccc(S(=O)(=O)O)c1Oc1ccc([O-])cc1.[Na+]. The molecule has 0 aliphatic rings. The predicted octanol–water partition coefficient (Wildman–Crippen LogP) is 3.27. The van der Waals surface area contributed by atoms with Crippen LogP contribution in [0.5, 0.6) is 17.2 Å². The summed E-state index contributed by atoms with van der Waals surface area (Å²) in [6.45, 7) is 2.23. The molecule has 0 atom stereocenters. The minimum atomic E-state index is -4.42. The molecule has 0 heterocycles. The summed E-state index contributed by atoms with van der Waals surface area (Å²) in [4.78, 5) is -0.252. The van der Waals surface area contributed by atoms with Crippen LogP contribution in [0.2, 0.25) is 0 Å². The van der Waals surface area contributed by atoms with Gasteiger partial charge in [-0.25, -0.2) is 0 Å². The maximum Gasteiger partial charge on any atom is 1.00 e. The van der Waals surface area contributed by atoms with Crippen LogP contribution in [0, 0.1) is 0 Å².